The average Bonchev–Trinajstić information content (AvgIpc) is 2.83. The molecule has 5 heteroatoms. The van der Waals surface area contributed by atoms with Gasteiger partial charge >= 0.3 is 0 Å². The first-order valence-electron chi connectivity index (χ1n) is 8.96. The second-order valence-corrected chi connectivity index (χ2v) is 8.89. The van der Waals surface area contributed by atoms with Crippen molar-refractivity contribution in [2.24, 2.45) is 0 Å². The summed E-state index contributed by atoms with van der Waals surface area (Å²) in [4.78, 5) is 0.162. The van der Waals surface area contributed by atoms with E-state index in [1.54, 1.807) is 24.3 Å². The summed E-state index contributed by atoms with van der Waals surface area (Å²) in [5.41, 5.74) is 5.01. The molecule has 1 aliphatic carbocycles. The first kappa shape index (κ1) is 18.9. The SMILES string of the molecule is Cc1ccc(S(=O)(=O)OCC2c3ccccc3C=Cc3cc(Cl)ccc32)cc1. The minimum absolute atomic E-state index is 0.0174. The number of benzene rings is 3. The Morgan fingerprint density at radius 2 is 1.57 bits per heavy atom. The summed E-state index contributed by atoms with van der Waals surface area (Å²) >= 11 is 6.17. The van der Waals surface area contributed by atoms with Crippen LogP contribution >= 0.6 is 11.6 Å². The van der Waals surface area contributed by atoms with Gasteiger partial charge in [0.15, 0.2) is 0 Å². The number of fused-ring (bicyclic) bond motifs is 2. The highest BCUT2D eigenvalue weighted by Gasteiger charge is 2.25. The Bertz CT molecular complexity index is 1150. The number of hydrogen-bond acceptors (Lipinski definition) is 3. The molecule has 1 atom stereocenters. The van der Waals surface area contributed by atoms with Crippen molar-refractivity contribution in [1.82, 2.24) is 0 Å². The van der Waals surface area contributed by atoms with Gasteiger partial charge < -0.3 is 0 Å². The Morgan fingerprint density at radius 1 is 0.893 bits per heavy atom. The highest BCUT2D eigenvalue weighted by molar-refractivity contribution is 7.86. The van der Waals surface area contributed by atoms with Gasteiger partial charge in [-0.3, -0.25) is 4.18 Å². The summed E-state index contributed by atoms with van der Waals surface area (Å²) in [5, 5.41) is 0.640. The van der Waals surface area contributed by atoms with Gasteiger partial charge in [-0.05, 0) is 53.4 Å². The smallest absolute Gasteiger partial charge is 0.265 e. The lowest BCUT2D eigenvalue weighted by molar-refractivity contribution is 0.305. The molecule has 0 radical (unpaired) electrons. The molecule has 0 N–H and O–H groups in total. The van der Waals surface area contributed by atoms with Crippen LogP contribution in [0.15, 0.2) is 71.6 Å². The van der Waals surface area contributed by atoms with Gasteiger partial charge in [-0.2, -0.15) is 8.42 Å². The minimum atomic E-state index is -3.85. The van der Waals surface area contributed by atoms with E-state index in [-0.39, 0.29) is 17.4 Å². The summed E-state index contributed by atoms with van der Waals surface area (Å²) in [6.07, 6.45) is 4.04. The van der Waals surface area contributed by atoms with Gasteiger partial charge in [0, 0.05) is 10.9 Å². The molecule has 0 spiro atoms. The first-order valence-corrected chi connectivity index (χ1v) is 10.8. The number of rotatable bonds is 4. The van der Waals surface area contributed by atoms with Crippen molar-refractivity contribution in [3.8, 4) is 0 Å². The fraction of sp³-hybridized carbons (Fsp3) is 0.130. The van der Waals surface area contributed by atoms with Crippen LogP contribution in [0.25, 0.3) is 12.2 Å². The van der Waals surface area contributed by atoms with Crippen LogP contribution in [0.1, 0.15) is 33.7 Å². The van der Waals surface area contributed by atoms with Crippen LogP contribution in [0, 0.1) is 6.92 Å². The molecule has 0 bridgehead atoms. The van der Waals surface area contributed by atoms with Crippen molar-refractivity contribution < 1.29 is 12.6 Å². The summed E-state index contributed by atoms with van der Waals surface area (Å²) in [6, 6.07) is 20.3. The predicted octanol–water partition coefficient (Wildman–Crippen LogP) is 5.67. The summed E-state index contributed by atoms with van der Waals surface area (Å²) in [6.45, 7) is 1.93. The standard InChI is InChI=1S/C23H19ClO3S/c1-16-6-11-20(12-7-16)28(25,26)27-15-23-21-5-3-2-4-17(21)8-9-18-14-19(24)10-13-22(18)23/h2-14,23H,15H2,1H3. The third-order valence-electron chi connectivity index (χ3n) is 4.94. The maximum Gasteiger partial charge on any atom is 0.297 e. The molecule has 1 aliphatic rings. The zero-order valence-electron chi connectivity index (χ0n) is 15.3. The summed E-state index contributed by atoms with van der Waals surface area (Å²) < 4.78 is 30.9. The molecule has 0 aromatic heterocycles. The first-order chi connectivity index (χ1) is 13.4. The molecule has 3 aromatic carbocycles. The lowest BCUT2D eigenvalue weighted by Crippen LogP contribution is -2.16. The van der Waals surface area contributed by atoms with Gasteiger partial charge in [-0.15, -0.1) is 0 Å². The van der Waals surface area contributed by atoms with Crippen molar-refractivity contribution >= 4 is 33.9 Å². The van der Waals surface area contributed by atoms with E-state index >= 15 is 0 Å². The van der Waals surface area contributed by atoms with Crippen LogP contribution < -0.4 is 0 Å². The van der Waals surface area contributed by atoms with Gasteiger partial charge in [0.05, 0.1) is 11.5 Å². The molecule has 3 nitrogen and oxygen atoms in total. The van der Waals surface area contributed by atoms with E-state index in [0.29, 0.717) is 5.02 Å². The highest BCUT2D eigenvalue weighted by Crippen LogP contribution is 2.36. The van der Waals surface area contributed by atoms with Gasteiger partial charge in [0.25, 0.3) is 10.1 Å². The molecule has 0 aliphatic heterocycles. The average molecular weight is 411 g/mol. The number of hydrogen-bond donors (Lipinski definition) is 0. The van der Waals surface area contributed by atoms with E-state index in [0.717, 1.165) is 27.8 Å². The fourth-order valence-corrected chi connectivity index (χ4v) is 4.55. The molecule has 4 rings (SSSR count). The maximum absolute atomic E-state index is 12.7. The van der Waals surface area contributed by atoms with Gasteiger partial charge in [-0.25, -0.2) is 0 Å². The second kappa shape index (κ2) is 7.55. The predicted molar refractivity (Wildman–Crippen MR) is 113 cm³/mol. The molecule has 1 unspecified atom stereocenters. The van der Waals surface area contributed by atoms with Crippen molar-refractivity contribution in [3.63, 3.8) is 0 Å². The minimum Gasteiger partial charge on any atom is -0.265 e. The van der Waals surface area contributed by atoms with Crippen molar-refractivity contribution in [2.45, 2.75) is 17.7 Å². The quantitative estimate of drug-likeness (QED) is 0.520. The molecular formula is C23H19ClO3S. The third-order valence-corrected chi connectivity index (χ3v) is 6.47. The highest BCUT2D eigenvalue weighted by atomic mass is 35.5. The Morgan fingerprint density at radius 3 is 2.36 bits per heavy atom. The summed E-state index contributed by atoms with van der Waals surface area (Å²) in [5.74, 6) is -0.223. The van der Waals surface area contributed by atoms with Crippen LogP contribution in [-0.2, 0) is 14.3 Å². The Labute approximate surface area is 170 Å². The van der Waals surface area contributed by atoms with E-state index in [4.69, 9.17) is 15.8 Å². The topological polar surface area (TPSA) is 43.4 Å². The lowest BCUT2D eigenvalue weighted by atomic mass is 9.88. The zero-order valence-corrected chi connectivity index (χ0v) is 16.9. The molecule has 3 aromatic rings. The Balaban J connectivity index is 1.71. The van der Waals surface area contributed by atoms with Gasteiger partial charge in [-0.1, -0.05) is 71.8 Å². The Hall–Kier alpha value is -2.40. The lowest BCUT2D eigenvalue weighted by Gasteiger charge is -2.20. The fourth-order valence-electron chi connectivity index (χ4n) is 3.44. The van der Waals surface area contributed by atoms with E-state index in [1.165, 1.54) is 0 Å². The van der Waals surface area contributed by atoms with Crippen molar-refractivity contribution in [2.75, 3.05) is 6.61 Å². The largest absolute Gasteiger partial charge is 0.297 e. The molecule has 0 saturated heterocycles. The van der Waals surface area contributed by atoms with E-state index < -0.39 is 10.1 Å². The van der Waals surface area contributed by atoms with Crippen LogP contribution in [0.4, 0.5) is 0 Å². The molecule has 0 saturated carbocycles. The normalized spacial score (nSPS) is 15.6. The zero-order chi connectivity index (χ0) is 19.7. The van der Waals surface area contributed by atoms with Gasteiger partial charge in [0.1, 0.15) is 0 Å². The number of halogens is 1. The molecular weight excluding hydrogens is 392 g/mol. The molecule has 142 valence electrons. The molecule has 0 heterocycles. The van der Waals surface area contributed by atoms with Gasteiger partial charge in [0.2, 0.25) is 0 Å². The van der Waals surface area contributed by atoms with Crippen LogP contribution in [0.3, 0.4) is 0 Å². The number of aryl methyl sites for hydroxylation is 1. The van der Waals surface area contributed by atoms with Crippen molar-refractivity contribution in [3.05, 3.63) is 99.6 Å². The van der Waals surface area contributed by atoms with E-state index in [2.05, 4.69) is 0 Å². The van der Waals surface area contributed by atoms with E-state index in [9.17, 15) is 8.42 Å². The summed E-state index contributed by atoms with van der Waals surface area (Å²) in [7, 11) is -3.85. The maximum atomic E-state index is 12.7. The van der Waals surface area contributed by atoms with Crippen LogP contribution in [0.2, 0.25) is 5.02 Å². The molecule has 0 amide bonds. The van der Waals surface area contributed by atoms with Crippen LogP contribution in [-0.4, -0.2) is 15.0 Å². The van der Waals surface area contributed by atoms with Crippen molar-refractivity contribution in [1.29, 1.82) is 0 Å². The monoisotopic (exact) mass is 410 g/mol. The molecule has 28 heavy (non-hydrogen) atoms. The third kappa shape index (κ3) is 3.76. The Kier molecular flexibility index (Phi) is 5.11. The second-order valence-electron chi connectivity index (χ2n) is 6.84. The molecule has 0 fully saturated rings. The van der Waals surface area contributed by atoms with Crippen LogP contribution in [0.5, 0.6) is 0 Å². The van der Waals surface area contributed by atoms with E-state index in [1.807, 2.05) is 61.5 Å².